The van der Waals surface area contributed by atoms with Crippen molar-refractivity contribution in [3.8, 4) is 5.75 Å². The summed E-state index contributed by atoms with van der Waals surface area (Å²) in [6, 6.07) is 3.24. The fraction of sp³-hybridized carbons (Fsp3) is 0.333. The minimum atomic E-state index is -2.83. The summed E-state index contributed by atoms with van der Waals surface area (Å²) >= 11 is 0. The van der Waals surface area contributed by atoms with Crippen LogP contribution >= 0.6 is 0 Å². The van der Waals surface area contributed by atoms with E-state index in [2.05, 4.69) is 25.7 Å². The number of nitrogens with one attached hydrogen (secondary N) is 1. The maximum absolute atomic E-state index is 13.0. The van der Waals surface area contributed by atoms with Gasteiger partial charge >= 0.3 is 0 Å². The number of nitrogens with zero attached hydrogens (tertiary/aromatic N) is 6. The number of carbonyl (C=O) groups excluding carboxylic acids is 2. The van der Waals surface area contributed by atoms with Gasteiger partial charge in [-0.25, -0.2) is 4.98 Å². The van der Waals surface area contributed by atoms with Crippen LogP contribution < -0.4 is 15.0 Å². The number of carbonyl (C=O) groups is 2. The van der Waals surface area contributed by atoms with Crippen molar-refractivity contribution in [3.63, 3.8) is 0 Å². The van der Waals surface area contributed by atoms with Crippen molar-refractivity contribution < 1.29 is 23.0 Å². The molecule has 1 fully saturated rings. The predicted octanol–water partition coefficient (Wildman–Crippen LogP) is 0.352. The van der Waals surface area contributed by atoms with Crippen molar-refractivity contribution in [2.45, 2.75) is 24.4 Å². The van der Waals surface area contributed by atoms with E-state index in [0.717, 1.165) is 12.8 Å². The topological polar surface area (TPSA) is 128 Å². The summed E-state index contributed by atoms with van der Waals surface area (Å²) in [5.74, 6) is -1.18. The minimum Gasteiger partial charge on any atom is -0.487 e. The summed E-state index contributed by atoms with van der Waals surface area (Å²) in [5.41, 5.74) is -0.645. The molecular formula is C18H17N7O4. The summed E-state index contributed by atoms with van der Waals surface area (Å²) in [4.78, 5) is 31.9. The van der Waals surface area contributed by atoms with Crippen molar-refractivity contribution in [2.75, 3.05) is 18.5 Å². The van der Waals surface area contributed by atoms with Gasteiger partial charge in [0.05, 0.1) is 12.4 Å². The van der Waals surface area contributed by atoms with Crippen LogP contribution in [0, 0.1) is 0 Å². The van der Waals surface area contributed by atoms with Gasteiger partial charge in [-0.2, -0.15) is 15.0 Å². The Balaban J connectivity index is 1.37. The molecule has 1 aliphatic carbocycles. The van der Waals surface area contributed by atoms with Gasteiger partial charge in [0.15, 0.2) is 23.0 Å². The number of likely N-dealkylation sites (N-methyl/N-ethyl adjacent to an activating group) is 1. The quantitative estimate of drug-likeness (QED) is 0.667. The van der Waals surface area contributed by atoms with Gasteiger partial charge in [0, 0.05) is 23.4 Å². The second kappa shape index (κ2) is 6.40. The lowest BCUT2D eigenvalue weighted by Crippen LogP contribution is -2.49. The average Bonchev–Trinajstić information content (AvgIpc) is 3.17. The Morgan fingerprint density at radius 3 is 2.93 bits per heavy atom. The van der Waals surface area contributed by atoms with E-state index in [4.69, 9.17) is 13.4 Å². The molecule has 0 radical (unpaired) electrons. The van der Waals surface area contributed by atoms with Gasteiger partial charge in [-0.1, -0.05) is 5.16 Å². The summed E-state index contributed by atoms with van der Waals surface area (Å²) in [6.45, 7) is -3.10. The molecule has 1 saturated carbocycles. The molecule has 0 spiro atoms. The number of fused-ring (bicyclic) bond motifs is 1. The molecule has 4 heterocycles. The first-order chi connectivity index (χ1) is 15.3. The van der Waals surface area contributed by atoms with Crippen LogP contribution in [0.15, 0.2) is 41.3 Å². The highest BCUT2D eigenvalue weighted by molar-refractivity contribution is 6.02. The average molecular weight is 398 g/mol. The van der Waals surface area contributed by atoms with E-state index in [9.17, 15) is 9.59 Å². The van der Waals surface area contributed by atoms with Gasteiger partial charge in [0.1, 0.15) is 18.2 Å². The normalized spacial score (nSPS) is 21.8. The maximum atomic E-state index is 13.0. The van der Waals surface area contributed by atoms with Crippen LogP contribution in [0.1, 0.15) is 33.2 Å². The van der Waals surface area contributed by atoms with E-state index in [-0.39, 0.29) is 23.9 Å². The molecular weight excluding hydrogens is 378 g/mol. The van der Waals surface area contributed by atoms with Gasteiger partial charge < -0.3 is 14.6 Å². The molecule has 1 atom stereocenters. The molecule has 0 saturated heterocycles. The number of hydrogen-bond donors (Lipinski definition) is 1. The van der Waals surface area contributed by atoms with Crippen LogP contribution in [0.25, 0.3) is 0 Å². The number of rotatable bonds is 4. The Labute approximate surface area is 168 Å². The molecule has 0 bridgehead atoms. The zero-order valence-electron chi connectivity index (χ0n) is 18.0. The largest absolute Gasteiger partial charge is 0.487 e. The molecule has 3 aromatic heterocycles. The van der Waals surface area contributed by atoms with Crippen molar-refractivity contribution in [1.82, 2.24) is 30.5 Å². The Morgan fingerprint density at radius 2 is 2.17 bits per heavy atom. The van der Waals surface area contributed by atoms with Crippen LogP contribution in [0.4, 0.5) is 5.82 Å². The number of amides is 2. The van der Waals surface area contributed by atoms with E-state index in [1.807, 2.05) is 0 Å². The third-order valence-electron chi connectivity index (χ3n) is 4.92. The number of ether oxygens (including phenoxy) is 1. The molecule has 3 aromatic rings. The second-order valence-corrected chi connectivity index (χ2v) is 6.76. The molecule has 1 N–H and O–H groups in total. The summed E-state index contributed by atoms with van der Waals surface area (Å²) < 4.78 is 34.2. The highest BCUT2D eigenvalue weighted by Gasteiger charge is 2.52. The fourth-order valence-electron chi connectivity index (χ4n) is 3.20. The molecule has 0 unspecified atom stereocenters. The van der Waals surface area contributed by atoms with Crippen LogP contribution in [0.2, 0.25) is 0 Å². The molecule has 11 nitrogen and oxygen atoms in total. The van der Waals surface area contributed by atoms with Crippen molar-refractivity contribution in [3.05, 3.63) is 48.2 Å². The zero-order valence-corrected chi connectivity index (χ0v) is 15.0. The lowest BCUT2D eigenvalue weighted by molar-refractivity contribution is -0.120. The number of hydrogen-bond acceptors (Lipinski definition) is 8. The summed E-state index contributed by atoms with van der Waals surface area (Å²) in [7, 11) is 0. The number of pyridine rings is 1. The minimum absolute atomic E-state index is 0.0634. The van der Waals surface area contributed by atoms with E-state index in [1.54, 1.807) is 18.5 Å². The van der Waals surface area contributed by atoms with Crippen LogP contribution in [0.5, 0.6) is 5.75 Å². The molecule has 2 amide bonds. The smallest absolute Gasteiger partial charge is 0.274 e. The van der Waals surface area contributed by atoms with Gasteiger partial charge in [-0.3, -0.25) is 14.5 Å². The first-order valence-electron chi connectivity index (χ1n) is 10.4. The molecule has 2 aliphatic rings. The van der Waals surface area contributed by atoms with Crippen LogP contribution in [-0.2, 0) is 10.3 Å². The van der Waals surface area contributed by atoms with Gasteiger partial charge in [-0.05, 0) is 25.0 Å². The molecule has 0 aromatic carbocycles. The van der Waals surface area contributed by atoms with Crippen LogP contribution in [-0.4, -0.2) is 56.6 Å². The van der Waals surface area contributed by atoms with Gasteiger partial charge in [-0.15, -0.1) is 0 Å². The second-order valence-electron chi connectivity index (χ2n) is 6.76. The van der Waals surface area contributed by atoms with E-state index in [0.29, 0.717) is 10.7 Å². The molecule has 5 rings (SSSR count). The SMILES string of the molecule is [2H]C([2H])([2H])N1C(=O)[C@@H](NC(=O)c2cc(C3(n4nccn4)CC3)on2)COc2cccnc21. The Bertz CT molecular complexity index is 1170. The Morgan fingerprint density at radius 1 is 1.34 bits per heavy atom. The lowest BCUT2D eigenvalue weighted by Gasteiger charge is -2.19. The van der Waals surface area contributed by atoms with E-state index >= 15 is 0 Å². The highest BCUT2D eigenvalue weighted by Crippen LogP contribution is 2.48. The van der Waals surface area contributed by atoms with Crippen molar-refractivity contribution >= 4 is 17.6 Å². The van der Waals surface area contributed by atoms with E-state index in [1.165, 1.54) is 23.1 Å². The molecule has 11 heteroatoms. The van der Waals surface area contributed by atoms with Gasteiger partial charge in [0.25, 0.3) is 11.8 Å². The van der Waals surface area contributed by atoms with Gasteiger partial charge in [0.2, 0.25) is 0 Å². The summed E-state index contributed by atoms with van der Waals surface area (Å²) in [6.07, 6.45) is 5.90. The van der Waals surface area contributed by atoms with Crippen LogP contribution in [0.3, 0.4) is 0 Å². The Hall–Kier alpha value is -3.76. The number of anilines is 1. The van der Waals surface area contributed by atoms with E-state index < -0.39 is 30.4 Å². The Kier molecular flexibility index (Phi) is 3.15. The predicted molar refractivity (Wildman–Crippen MR) is 97.2 cm³/mol. The molecule has 148 valence electrons. The molecule has 1 aliphatic heterocycles. The number of aromatic nitrogens is 5. The summed E-state index contributed by atoms with van der Waals surface area (Å²) in [5, 5.41) is 14.6. The third-order valence-corrected chi connectivity index (χ3v) is 4.92. The highest BCUT2D eigenvalue weighted by atomic mass is 16.5. The fourth-order valence-corrected chi connectivity index (χ4v) is 3.20. The monoisotopic (exact) mass is 398 g/mol. The first kappa shape index (κ1) is 14.3. The first-order valence-corrected chi connectivity index (χ1v) is 8.86. The standard InChI is InChI=1S/C18H17N7O4/c1-24-15-13(3-2-6-19-15)28-10-12(17(24)27)22-16(26)11-9-14(29-23-11)18(4-5-18)25-20-7-8-21-25/h2-3,6-9,12H,4-5,10H2,1H3,(H,22,26)/t12-/m0/s1/i1D3. The lowest BCUT2D eigenvalue weighted by atomic mass is 10.2. The molecule has 29 heavy (non-hydrogen) atoms. The maximum Gasteiger partial charge on any atom is 0.274 e. The van der Waals surface area contributed by atoms with Crippen molar-refractivity contribution in [2.24, 2.45) is 0 Å². The van der Waals surface area contributed by atoms with Crippen molar-refractivity contribution in [1.29, 1.82) is 0 Å². The third kappa shape index (κ3) is 2.82. The zero-order chi connectivity index (χ0) is 22.5.